The summed E-state index contributed by atoms with van der Waals surface area (Å²) in [6, 6.07) is 17.5. The second-order valence-corrected chi connectivity index (χ2v) is 6.78. The Balaban J connectivity index is 1.32. The van der Waals surface area contributed by atoms with Crippen LogP contribution in [0.2, 0.25) is 0 Å². The van der Waals surface area contributed by atoms with Crippen LogP contribution >= 0.6 is 0 Å². The number of hydrogen-bond donors (Lipinski definition) is 3. The summed E-state index contributed by atoms with van der Waals surface area (Å²) in [6.07, 6.45) is 3.52. The van der Waals surface area contributed by atoms with Crippen LogP contribution in [0.15, 0.2) is 67.0 Å². The molecule has 0 radical (unpaired) electrons. The van der Waals surface area contributed by atoms with E-state index in [1.165, 1.54) is 0 Å². The van der Waals surface area contributed by atoms with Crippen LogP contribution in [0.1, 0.15) is 11.3 Å². The molecule has 0 fully saturated rings. The quantitative estimate of drug-likeness (QED) is 0.475. The topological polar surface area (TPSA) is 91.8 Å². The van der Waals surface area contributed by atoms with Crippen molar-refractivity contribution in [1.29, 1.82) is 0 Å². The molecule has 2 heterocycles. The van der Waals surface area contributed by atoms with Gasteiger partial charge in [0.25, 0.3) is 0 Å². The summed E-state index contributed by atoms with van der Waals surface area (Å²) >= 11 is 0. The number of carbonyl (C=O) groups is 2. The van der Waals surface area contributed by atoms with E-state index in [4.69, 9.17) is 0 Å². The summed E-state index contributed by atoms with van der Waals surface area (Å²) in [6.45, 7) is 1.84. The highest BCUT2D eigenvalue weighted by atomic mass is 16.2. The molecule has 146 valence electrons. The number of hydrogen-bond acceptors (Lipinski definition) is 3. The summed E-state index contributed by atoms with van der Waals surface area (Å²) in [7, 11) is 0. The maximum absolute atomic E-state index is 12.3. The summed E-state index contributed by atoms with van der Waals surface area (Å²) in [5.74, 6) is -0.505. The van der Waals surface area contributed by atoms with Crippen molar-refractivity contribution in [1.82, 2.24) is 20.1 Å². The van der Waals surface area contributed by atoms with Gasteiger partial charge in [-0.05, 0) is 30.7 Å². The Bertz CT molecular complexity index is 1160. The Hall–Kier alpha value is -3.87. The number of nitrogens with zero attached hydrogens (tertiary/aromatic N) is 2. The van der Waals surface area contributed by atoms with Crippen LogP contribution in [0, 0.1) is 6.92 Å². The Kier molecular flexibility index (Phi) is 5.11. The molecule has 0 aliphatic heterocycles. The largest absolute Gasteiger partial charge is 0.358 e. The first-order valence-corrected chi connectivity index (χ1v) is 9.33. The number of para-hydroxylation sites is 2. The highest BCUT2D eigenvalue weighted by Crippen LogP contribution is 2.22. The third-order valence-electron chi connectivity index (χ3n) is 4.70. The SMILES string of the molecule is Cc1[nH]c2ccccc2c1CC(=O)NCC(=O)Nc1cnn(-c2ccccc2)c1. The minimum atomic E-state index is -0.304. The molecule has 0 spiro atoms. The summed E-state index contributed by atoms with van der Waals surface area (Å²) in [5, 5.41) is 10.7. The molecule has 7 nitrogen and oxygen atoms in total. The van der Waals surface area contributed by atoms with E-state index in [1.807, 2.05) is 61.5 Å². The van der Waals surface area contributed by atoms with Gasteiger partial charge in [0.15, 0.2) is 0 Å². The van der Waals surface area contributed by atoms with E-state index in [0.717, 1.165) is 27.8 Å². The summed E-state index contributed by atoms with van der Waals surface area (Å²) in [4.78, 5) is 27.8. The van der Waals surface area contributed by atoms with Crippen LogP contribution < -0.4 is 10.6 Å². The first kappa shape index (κ1) is 18.5. The minimum absolute atomic E-state index is 0.100. The lowest BCUT2D eigenvalue weighted by Gasteiger charge is -2.06. The molecule has 29 heavy (non-hydrogen) atoms. The van der Waals surface area contributed by atoms with E-state index in [1.54, 1.807) is 17.1 Å². The Morgan fingerprint density at radius 3 is 2.62 bits per heavy atom. The molecule has 0 bridgehead atoms. The van der Waals surface area contributed by atoms with Gasteiger partial charge in [0.05, 0.1) is 36.7 Å². The van der Waals surface area contributed by atoms with Crippen molar-refractivity contribution in [2.24, 2.45) is 0 Å². The van der Waals surface area contributed by atoms with Crippen LogP contribution in [-0.2, 0) is 16.0 Å². The molecular formula is C22H21N5O2. The van der Waals surface area contributed by atoms with Crippen LogP contribution in [0.25, 0.3) is 16.6 Å². The molecule has 3 N–H and O–H groups in total. The zero-order valence-corrected chi connectivity index (χ0v) is 16.0. The number of aryl methyl sites for hydroxylation is 1. The Morgan fingerprint density at radius 1 is 1.03 bits per heavy atom. The van der Waals surface area contributed by atoms with Gasteiger partial charge in [-0.15, -0.1) is 0 Å². The van der Waals surface area contributed by atoms with E-state index in [-0.39, 0.29) is 24.8 Å². The molecule has 2 aromatic heterocycles. The molecule has 0 atom stereocenters. The van der Waals surface area contributed by atoms with E-state index in [0.29, 0.717) is 5.69 Å². The van der Waals surface area contributed by atoms with E-state index >= 15 is 0 Å². The predicted molar refractivity (Wildman–Crippen MR) is 112 cm³/mol. The predicted octanol–water partition coefficient (Wildman–Crippen LogP) is 2.96. The first-order chi connectivity index (χ1) is 14.1. The van der Waals surface area contributed by atoms with Gasteiger partial charge in [0, 0.05) is 16.6 Å². The molecule has 0 unspecified atom stereocenters. The van der Waals surface area contributed by atoms with Crippen molar-refractivity contribution in [3.8, 4) is 5.69 Å². The van der Waals surface area contributed by atoms with Crippen molar-refractivity contribution < 1.29 is 9.59 Å². The fourth-order valence-corrected chi connectivity index (χ4v) is 3.28. The third-order valence-corrected chi connectivity index (χ3v) is 4.70. The van der Waals surface area contributed by atoms with Gasteiger partial charge in [-0.3, -0.25) is 9.59 Å². The molecular weight excluding hydrogens is 366 g/mol. The molecule has 7 heteroatoms. The molecule has 0 aliphatic carbocycles. The van der Waals surface area contributed by atoms with Gasteiger partial charge < -0.3 is 15.6 Å². The second-order valence-electron chi connectivity index (χ2n) is 6.78. The molecule has 0 aliphatic rings. The number of fused-ring (bicyclic) bond motifs is 1. The van der Waals surface area contributed by atoms with Crippen LogP contribution in [0.5, 0.6) is 0 Å². The van der Waals surface area contributed by atoms with E-state index in [2.05, 4.69) is 20.7 Å². The van der Waals surface area contributed by atoms with Gasteiger partial charge in [0.2, 0.25) is 11.8 Å². The van der Waals surface area contributed by atoms with Gasteiger partial charge in [-0.2, -0.15) is 5.10 Å². The van der Waals surface area contributed by atoms with Gasteiger partial charge >= 0.3 is 0 Å². The summed E-state index contributed by atoms with van der Waals surface area (Å²) in [5.41, 5.74) is 4.37. The second kappa shape index (κ2) is 8.02. The minimum Gasteiger partial charge on any atom is -0.358 e. The van der Waals surface area contributed by atoms with Crippen molar-refractivity contribution in [3.05, 3.63) is 78.2 Å². The van der Waals surface area contributed by atoms with Crippen LogP contribution in [0.3, 0.4) is 0 Å². The normalized spacial score (nSPS) is 10.8. The standard InChI is InChI=1S/C22H21N5O2/c1-15-19(18-9-5-6-10-20(18)25-15)11-21(28)23-13-22(29)26-16-12-24-27(14-16)17-7-3-2-4-8-17/h2-10,12,14,25H,11,13H2,1H3,(H,23,28)(H,26,29). The maximum atomic E-state index is 12.3. The maximum Gasteiger partial charge on any atom is 0.243 e. The number of H-pyrrole nitrogens is 1. The number of aromatic nitrogens is 3. The Labute approximate surface area is 167 Å². The summed E-state index contributed by atoms with van der Waals surface area (Å²) < 4.78 is 1.67. The van der Waals surface area contributed by atoms with Crippen molar-refractivity contribution in [2.45, 2.75) is 13.3 Å². The number of aromatic amines is 1. The Morgan fingerprint density at radius 2 is 1.79 bits per heavy atom. The molecule has 4 aromatic rings. The fourth-order valence-electron chi connectivity index (χ4n) is 3.28. The van der Waals surface area contributed by atoms with Crippen molar-refractivity contribution in [2.75, 3.05) is 11.9 Å². The third kappa shape index (κ3) is 4.19. The van der Waals surface area contributed by atoms with Crippen LogP contribution in [0.4, 0.5) is 5.69 Å². The number of carbonyl (C=O) groups excluding carboxylic acids is 2. The highest BCUT2D eigenvalue weighted by molar-refractivity contribution is 5.95. The number of anilines is 1. The molecule has 2 aromatic carbocycles. The number of nitrogens with one attached hydrogen (secondary N) is 3. The number of rotatable bonds is 6. The van der Waals surface area contributed by atoms with Gasteiger partial charge in [0.1, 0.15) is 0 Å². The molecule has 2 amide bonds. The zero-order chi connectivity index (χ0) is 20.2. The monoisotopic (exact) mass is 387 g/mol. The van der Waals surface area contributed by atoms with E-state index < -0.39 is 0 Å². The smallest absolute Gasteiger partial charge is 0.243 e. The zero-order valence-electron chi connectivity index (χ0n) is 16.0. The van der Waals surface area contributed by atoms with Gasteiger partial charge in [-0.25, -0.2) is 4.68 Å². The van der Waals surface area contributed by atoms with Gasteiger partial charge in [-0.1, -0.05) is 36.4 Å². The average Bonchev–Trinajstić information content (AvgIpc) is 3.32. The van der Waals surface area contributed by atoms with Crippen LogP contribution in [-0.4, -0.2) is 33.1 Å². The van der Waals surface area contributed by atoms with Crippen molar-refractivity contribution >= 4 is 28.4 Å². The number of benzene rings is 2. The highest BCUT2D eigenvalue weighted by Gasteiger charge is 2.13. The lowest BCUT2D eigenvalue weighted by molar-refractivity contribution is -0.123. The van der Waals surface area contributed by atoms with Crippen molar-refractivity contribution in [3.63, 3.8) is 0 Å². The number of amides is 2. The first-order valence-electron chi connectivity index (χ1n) is 9.33. The molecule has 0 saturated carbocycles. The molecule has 0 saturated heterocycles. The van der Waals surface area contributed by atoms with E-state index in [9.17, 15) is 9.59 Å². The lowest BCUT2D eigenvalue weighted by Crippen LogP contribution is -2.33. The molecule has 4 rings (SSSR count). The fraction of sp³-hybridized carbons (Fsp3) is 0.136. The average molecular weight is 387 g/mol. The lowest BCUT2D eigenvalue weighted by atomic mass is 10.1.